The number of rotatable bonds is 5. The zero-order chi connectivity index (χ0) is 23.6. The second-order valence-electron chi connectivity index (χ2n) is 7.44. The van der Waals surface area contributed by atoms with Crippen LogP contribution in [0.15, 0.2) is 66.7 Å². The van der Waals surface area contributed by atoms with Gasteiger partial charge in [-0.3, -0.25) is 13.9 Å². The van der Waals surface area contributed by atoms with Gasteiger partial charge in [-0.1, -0.05) is 29.8 Å². The molecular formula is C23H21ClN4O4S. The predicted molar refractivity (Wildman–Crippen MR) is 129 cm³/mol. The van der Waals surface area contributed by atoms with E-state index in [2.05, 4.69) is 15.4 Å². The molecule has 2 amide bonds. The van der Waals surface area contributed by atoms with Crippen LogP contribution in [0.1, 0.15) is 26.3 Å². The van der Waals surface area contributed by atoms with Crippen LogP contribution < -0.4 is 19.7 Å². The third-order valence-electron chi connectivity index (χ3n) is 5.14. The fraction of sp³-hybridized carbons (Fsp3) is 0.130. The van der Waals surface area contributed by atoms with Crippen LogP contribution in [0.3, 0.4) is 0 Å². The summed E-state index contributed by atoms with van der Waals surface area (Å²) < 4.78 is 27.8. The molecule has 3 aromatic rings. The van der Waals surface area contributed by atoms with Crippen molar-refractivity contribution in [3.05, 3.63) is 88.4 Å². The van der Waals surface area contributed by atoms with E-state index in [4.69, 9.17) is 11.6 Å². The van der Waals surface area contributed by atoms with Gasteiger partial charge in [0, 0.05) is 29.9 Å². The molecule has 1 saturated heterocycles. The lowest BCUT2D eigenvalue weighted by atomic mass is 10.1. The maximum Gasteiger partial charge on any atom is 0.301 e. The van der Waals surface area contributed by atoms with E-state index in [0.29, 0.717) is 51.9 Å². The average molecular weight is 485 g/mol. The molecule has 1 heterocycles. The molecule has 8 nitrogen and oxygen atoms in total. The number of carbonyl (C=O) groups excluding carboxylic acids is 2. The topological polar surface area (TPSA) is 108 Å². The number of hydrogen-bond donors (Lipinski definition) is 3. The molecule has 1 aliphatic rings. The normalized spacial score (nSPS) is 14.7. The molecule has 10 heteroatoms. The van der Waals surface area contributed by atoms with E-state index in [0.717, 1.165) is 0 Å². The molecule has 0 unspecified atom stereocenters. The quantitative estimate of drug-likeness (QED) is 0.511. The molecule has 3 aromatic carbocycles. The number of aryl methyl sites for hydroxylation is 1. The number of benzene rings is 3. The van der Waals surface area contributed by atoms with Gasteiger partial charge in [-0.2, -0.15) is 13.1 Å². The summed E-state index contributed by atoms with van der Waals surface area (Å²) in [6.45, 7) is 2.40. The Kier molecular flexibility index (Phi) is 6.37. The summed E-state index contributed by atoms with van der Waals surface area (Å²) in [4.78, 5) is 25.3. The first-order chi connectivity index (χ1) is 15.7. The van der Waals surface area contributed by atoms with Gasteiger partial charge in [0.1, 0.15) is 0 Å². The number of hydrogen-bond acceptors (Lipinski definition) is 4. The molecule has 4 rings (SSSR count). The number of nitrogens with zero attached hydrogens (tertiary/aromatic N) is 1. The van der Waals surface area contributed by atoms with Crippen molar-refractivity contribution in [1.82, 2.24) is 4.72 Å². The summed E-state index contributed by atoms with van der Waals surface area (Å²) in [5.41, 5.74) is 2.80. The summed E-state index contributed by atoms with van der Waals surface area (Å²) in [5.74, 6) is -0.692. The summed E-state index contributed by atoms with van der Waals surface area (Å²) >= 11 is 6.22. The van der Waals surface area contributed by atoms with Crippen LogP contribution in [-0.2, 0) is 10.2 Å². The first-order valence-corrected chi connectivity index (χ1v) is 11.9. The monoisotopic (exact) mass is 484 g/mol. The Hall–Kier alpha value is -3.40. The van der Waals surface area contributed by atoms with E-state index in [1.165, 1.54) is 4.31 Å². The van der Waals surface area contributed by atoms with Gasteiger partial charge in [0.05, 0.1) is 16.4 Å². The van der Waals surface area contributed by atoms with E-state index < -0.39 is 10.2 Å². The molecule has 0 aromatic heterocycles. The third-order valence-corrected chi connectivity index (χ3v) is 7.01. The van der Waals surface area contributed by atoms with E-state index in [9.17, 15) is 18.0 Å². The minimum atomic E-state index is -3.54. The Morgan fingerprint density at radius 2 is 1.73 bits per heavy atom. The van der Waals surface area contributed by atoms with E-state index in [-0.39, 0.29) is 11.8 Å². The fourth-order valence-corrected chi connectivity index (χ4v) is 4.87. The van der Waals surface area contributed by atoms with Crippen molar-refractivity contribution in [1.29, 1.82) is 0 Å². The second kappa shape index (κ2) is 9.22. The van der Waals surface area contributed by atoms with Crippen LogP contribution in [0.2, 0.25) is 5.02 Å². The first-order valence-electron chi connectivity index (χ1n) is 10.1. The summed E-state index contributed by atoms with van der Waals surface area (Å²) in [7, 11) is -3.54. The van der Waals surface area contributed by atoms with Crippen molar-refractivity contribution in [3.63, 3.8) is 0 Å². The second-order valence-corrected chi connectivity index (χ2v) is 9.53. The van der Waals surface area contributed by atoms with E-state index in [1.54, 1.807) is 67.6 Å². The van der Waals surface area contributed by atoms with Gasteiger partial charge in [0.2, 0.25) is 0 Å². The van der Waals surface area contributed by atoms with Gasteiger partial charge < -0.3 is 10.6 Å². The maximum atomic E-state index is 12.9. The van der Waals surface area contributed by atoms with E-state index in [1.807, 2.05) is 6.07 Å². The van der Waals surface area contributed by atoms with Crippen molar-refractivity contribution in [2.45, 2.75) is 6.92 Å². The largest absolute Gasteiger partial charge is 0.322 e. The SMILES string of the molecule is Cc1cc(N2CCNS2(=O)=O)ccc1C(=O)Nc1ccc(Cl)c(NC(=O)c2ccccc2)c1. The molecule has 170 valence electrons. The van der Waals surface area contributed by atoms with Crippen LogP contribution in [0.25, 0.3) is 0 Å². The first kappa shape index (κ1) is 22.8. The van der Waals surface area contributed by atoms with Crippen LogP contribution in [-0.4, -0.2) is 33.3 Å². The highest BCUT2D eigenvalue weighted by molar-refractivity contribution is 7.91. The Labute approximate surface area is 196 Å². The van der Waals surface area contributed by atoms with Crippen LogP contribution in [0, 0.1) is 6.92 Å². The highest BCUT2D eigenvalue weighted by Crippen LogP contribution is 2.28. The minimum absolute atomic E-state index is 0.321. The lowest BCUT2D eigenvalue weighted by Crippen LogP contribution is -2.29. The van der Waals surface area contributed by atoms with Gasteiger partial charge in [0.25, 0.3) is 11.8 Å². The van der Waals surface area contributed by atoms with Crippen molar-refractivity contribution in [2.75, 3.05) is 28.0 Å². The number of anilines is 3. The molecule has 0 saturated carbocycles. The van der Waals surface area contributed by atoms with E-state index >= 15 is 0 Å². The van der Waals surface area contributed by atoms with Crippen LogP contribution >= 0.6 is 11.6 Å². The van der Waals surface area contributed by atoms with Crippen molar-refractivity contribution in [2.24, 2.45) is 0 Å². The van der Waals surface area contributed by atoms with Gasteiger partial charge in [-0.15, -0.1) is 0 Å². The summed E-state index contributed by atoms with van der Waals surface area (Å²) in [6, 6.07) is 18.3. The molecule has 0 radical (unpaired) electrons. The van der Waals surface area contributed by atoms with Gasteiger partial charge in [-0.25, -0.2) is 0 Å². The molecule has 0 aliphatic carbocycles. The predicted octanol–water partition coefficient (Wildman–Crippen LogP) is 3.81. The maximum absolute atomic E-state index is 12.9. The Balaban J connectivity index is 1.50. The number of amides is 2. The highest BCUT2D eigenvalue weighted by Gasteiger charge is 2.28. The van der Waals surface area contributed by atoms with Crippen molar-refractivity contribution >= 4 is 50.7 Å². The molecule has 1 aliphatic heterocycles. The molecule has 0 atom stereocenters. The molecule has 0 spiro atoms. The van der Waals surface area contributed by atoms with Gasteiger partial charge in [-0.05, 0) is 61.0 Å². The highest BCUT2D eigenvalue weighted by atomic mass is 35.5. The average Bonchev–Trinajstić information content (AvgIpc) is 3.15. The zero-order valence-electron chi connectivity index (χ0n) is 17.6. The van der Waals surface area contributed by atoms with Crippen molar-refractivity contribution in [3.8, 4) is 0 Å². The lowest BCUT2D eigenvalue weighted by molar-refractivity contribution is 0.101. The van der Waals surface area contributed by atoms with Crippen LogP contribution in [0.5, 0.6) is 0 Å². The smallest absolute Gasteiger partial charge is 0.301 e. The zero-order valence-corrected chi connectivity index (χ0v) is 19.2. The van der Waals surface area contributed by atoms with Gasteiger partial charge in [0.15, 0.2) is 0 Å². The molecule has 3 N–H and O–H groups in total. The Morgan fingerprint density at radius 1 is 0.970 bits per heavy atom. The van der Waals surface area contributed by atoms with Crippen molar-refractivity contribution < 1.29 is 18.0 Å². The Bertz CT molecular complexity index is 1330. The number of halogens is 1. The van der Waals surface area contributed by atoms with Crippen LogP contribution in [0.4, 0.5) is 17.1 Å². The standard InChI is InChI=1S/C23H21ClN4O4S/c1-15-13-18(28-12-11-25-33(28,31)32)8-9-19(15)23(30)26-17-7-10-20(24)21(14-17)27-22(29)16-5-3-2-4-6-16/h2-10,13-14,25H,11-12H2,1H3,(H,26,30)(H,27,29). The number of carbonyl (C=O) groups is 2. The summed E-state index contributed by atoms with van der Waals surface area (Å²) in [5, 5.41) is 5.87. The Morgan fingerprint density at radius 3 is 2.39 bits per heavy atom. The lowest BCUT2D eigenvalue weighted by Gasteiger charge is -2.17. The number of nitrogens with one attached hydrogen (secondary N) is 3. The minimum Gasteiger partial charge on any atom is -0.322 e. The molecule has 1 fully saturated rings. The fourth-order valence-electron chi connectivity index (χ4n) is 3.48. The molecule has 33 heavy (non-hydrogen) atoms. The molecule has 0 bridgehead atoms. The van der Waals surface area contributed by atoms with Gasteiger partial charge >= 0.3 is 10.2 Å². The molecular weight excluding hydrogens is 464 g/mol. The third kappa shape index (κ3) is 5.00. The summed E-state index contributed by atoms with van der Waals surface area (Å²) in [6.07, 6.45) is 0.